The summed E-state index contributed by atoms with van der Waals surface area (Å²) < 4.78 is 0. The molecule has 1 amide bonds. The minimum Gasteiger partial charge on any atom is -0.370 e. The van der Waals surface area contributed by atoms with Crippen LogP contribution in [0.1, 0.15) is 22.5 Å². The first-order valence-electron chi connectivity index (χ1n) is 6.39. The summed E-state index contributed by atoms with van der Waals surface area (Å²) in [5.74, 6) is 0.498. The Labute approximate surface area is 116 Å². The van der Waals surface area contributed by atoms with E-state index in [0.29, 0.717) is 10.7 Å². The Bertz CT molecular complexity index is 545. The molecule has 1 aliphatic heterocycles. The highest BCUT2D eigenvalue weighted by atomic mass is 32.1. The molecule has 0 unspecified atom stereocenters. The summed E-state index contributed by atoms with van der Waals surface area (Å²) in [6, 6.07) is 7.55. The first-order valence-corrected chi connectivity index (χ1v) is 7.27. The van der Waals surface area contributed by atoms with Gasteiger partial charge in [0, 0.05) is 13.1 Å². The minimum absolute atomic E-state index is 0.101. The van der Waals surface area contributed by atoms with Crippen molar-refractivity contribution in [3.63, 3.8) is 0 Å². The van der Waals surface area contributed by atoms with E-state index in [1.807, 2.05) is 29.8 Å². The van der Waals surface area contributed by atoms with Gasteiger partial charge in [-0.15, -0.1) is 11.3 Å². The molecule has 0 aromatic carbocycles. The van der Waals surface area contributed by atoms with E-state index in [0.717, 1.165) is 18.8 Å². The number of carbonyl (C=O) groups excluding carboxylic acids is 1. The van der Waals surface area contributed by atoms with Crippen molar-refractivity contribution in [3.05, 3.63) is 40.7 Å². The van der Waals surface area contributed by atoms with Gasteiger partial charge in [0.1, 0.15) is 5.82 Å². The molecule has 2 aromatic heterocycles. The van der Waals surface area contributed by atoms with Gasteiger partial charge in [0.05, 0.1) is 16.8 Å². The molecule has 0 saturated carbocycles. The van der Waals surface area contributed by atoms with Crippen LogP contribution in [0.2, 0.25) is 0 Å². The summed E-state index contributed by atoms with van der Waals surface area (Å²) >= 11 is 1.43. The molecule has 1 saturated heterocycles. The van der Waals surface area contributed by atoms with E-state index >= 15 is 0 Å². The van der Waals surface area contributed by atoms with E-state index in [1.165, 1.54) is 24.2 Å². The number of hydrogen-bond donors (Lipinski definition) is 1. The maximum Gasteiger partial charge on any atom is 0.266 e. The molecule has 1 N–H and O–H groups in total. The standard InChI is InChI=1S/C14H15N3OS/c18-14(12-4-3-9-19-12)16-13-6-5-11(10-15-13)17-7-1-2-8-17/h3-6,9-10H,1-2,7-8H2,(H,15,16,18). The Morgan fingerprint density at radius 1 is 1.26 bits per heavy atom. The van der Waals surface area contributed by atoms with Crippen molar-refractivity contribution < 1.29 is 4.79 Å². The number of amides is 1. The van der Waals surface area contributed by atoms with Gasteiger partial charge in [0.2, 0.25) is 0 Å². The number of aromatic nitrogens is 1. The van der Waals surface area contributed by atoms with Crippen molar-refractivity contribution in [1.29, 1.82) is 0 Å². The van der Waals surface area contributed by atoms with E-state index in [-0.39, 0.29) is 5.91 Å². The number of pyridine rings is 1. The van der Waals surface area contributed by atoms with E-state index in [9.17, 15) is 4.79 Å². The third kappa shape index (κ3) is 2.76. The maximum absolute atomic E-state index is 11.9. The van der Waals surface area contributed by atoms with Gasteiger partial charge < -0.3 is 10.2 Å². The molecule has 3 heterocycles. The molecule has 19 heavy (non-hydrogen) atoms. The van der Waals surface area contributed by atoms with Gasteiger partial charge in [-0.1, -0.05) is 6.07 Å². The lowest BCUT2D eigenvalue weighted by Gasteiger charge is -2.17. The number of rotatable bonds is 3. The van der Waals surface area contributed by atoms with Crippen LogP contribution in [0.4, 0.5) is 11.5 Å². The molecule has 5 heteroatoms. The van der Waals surface area contributed by atoms with Crippen LogP contribution in [-0.4, -0.2) is 24.0 Å². The summed E-state index contributed by atoms with van der Waals surface area (Å²) in [6.45, 7) is 2.20. The Balaban J connectivity index is 1.67. The molecular formula is C14H15N3OS. The summed E-state index contributed by atoms with van der Waals surface area (Å²) in [4.78, 5) is 19.2. The maximum atomic E-state index is 11.9. The molecule has 4 nitrogen and oxygen atoms in total. The Morgan fingerprint density at radius 3 is 2.74 bits per heavy atom. The highest BCUT2D eigenvalue weighted by Crippen LogP contribution is 2.20. The second-order valence-electron chi connectivity index (χ2n) is 4.53. The predicted molar refractivity (Wildman–Crippen MR) is 78.0 cm³/mol. The van der Waals surface area contributed by atoms with Crippen LogP contribution in [0.3, 0.4) is 0 Å². The first-order chi connectivity index (χ1) is 9.33. The predicted octanol–water partition coefficient (Wildman–Crippen LogP) is 3.00. The molecule has 1 aliphatic rings. The Hall–Kier alpha value is -1.88. The Kier molecular flexibility index (Phi) is 3.46. The monoisotopic (exact) mass is 273 g/mol. The van der Waals surface area contributed by atoms with Gasteiger partial charge in [0.15, 0.2) is 0 Å². The van der Waals surface area contributed by atoms with Crippen molar-refractivity contribution in [2.24, 2.45) is 0 Å². The first kappa shape index (κ1) is 12.2. The lowest BCUT2D eigenvalue weighted by molar-refractivity contribution is 0.103. The van der Waals surface area contributed by atoms with Crippen molar-refractivity contribution in [2.75, 3.05) is 23.3 Å². The summed E-state index contributed by atoms with van der Waals surface area (Å²) in [5, 5.41) is 4.69. The smallest absolute Gasteiger partial charge is 0.266 e. The Morgan fingerprint density at radius 2 is 2.11 bits per heavy atom. The third-order valence-corrected chi connectivity index (χ3v) is 4.07. The third-order valence-electron chi connectivity index (χ3n) is 3.21. The molecule has 0 radical (unpaired) electrons. The topological polar surface area (TPSA) is 45.2 Å². The van der Waals surface area contributed by atoms with Gasteiger partial charge in [-0.3, -0.25) is 4.79 Å². The summed E-state index contributed by atoms with van der Waals surface area (Å²) in [7, 11) is 0. The van der Waals surface area contributed by atoms with Crippen LogP contribution in [0.25, 0.3) is 0 Å². The average molecular weight is 273 g/mol. The molecule has 2 aromatic rings. The van der Waals surface area contributed by atoms with E-state index in [2.05, 4.69) is 15.2 Å². The second-order valence-corrected chi connectivity index (χ2v) is 5.47. The quantitative estimate of drug-likeness (QED) is 0.935. The normalized spacial score (nSPS) is 14.6. The van der Waals surface area contributed by atoms with Crippen molar-refractivity contribution in [2.45, 2.75) is 12.8 Å². The molecule has 0 spiro atoms. The van der Waals surface area contributed by atoms with Crippen LogP contribution in [0, 0.1) is 0 Å². The molecule has 1 fully saturated rings. The number of carbonyl (C=O) groups is 1. The molecule has 0 aliphatic carbocycles. The molecule has 98 valence electrons. The number of hydrogen-bond acceptors (Lipinski definition) is 4. The molecule has 3 rings (SSSR count). The zero-order valence-corrected chi connectivity index (χ0v) is 11.3. The van der Waals surface area contributed by atoms with Gasteiger partial charge in [0.25, 0.3) is 5.91 Å². The van der Waals surface area contributed by atoms with Gasteiger partial charge >= 0.3 is 0 Å². The van der Waals surface area contributed by atoms with Crippen molar-refractivity contribution in [1.82, 2.24) is 4.98 Å². The lowest BCUT2D eigenvalue weighted by atomic mass is 10.3. The van der Waals surface area contributed by atoms with Gasteiger partial charge in [-0.05, 0) is 36.4 Å². The van der Waals surface area contributed by atoms with Crippen LogP contribution in [-0.2, 0) is 0 Å². The van der Waals surface area contributed by atoms with Crippen LogP contribution in [0.15, 0.2) is 35.8 Å². The number of anilines is 2. The largest absolute Gasteiger partial charge is 0.370 e. The fourth-order valence-corrected chi connectivity index (χ4v) is 2.83. The van der Waals surface area contributed by atoms with Gasteiger partial charge in [-0.2, -0.15) is 0 Å². The van der Waals surface area contributed by atoms with Crippen LogP contribution >= 0.6 is 11.3 Å². The summed E-state index contributed by atoms with van der Waals surface area (Å²) in [6.07, 6.45) is 4.32. The van der Waals surface area contributed by atoms with E-state index in [1.54, 1.807) is 6.07 Å². The number of nitrogens with zero attached hydrogens (tertiary/aromatic N) is 2. The lowest BCUT2D eigenvalue weighted by Crippen LogP contribution is -2.18. The second kappa shape index (κ2) is 5.40. The highest BCUT2D eigenvalue weighted by Gasteiger charge is 2.13. The van der Waals surface area contributed by atoms with Crippen LogP contribution < -0.4 is 10.2 Å². The van der Waals surface area contributed by atoms with E-state index < -0.39 is 0 Å². The summed E-state index contributed by atoms with van der Waals surface area (Å²) in [5.41, 5.74) is 1.13. The molecular weight excluding hydrogens is 258 g/mol. The van der Waals surface area contributed by atoms with Crippen LogP contribution in [0.5, 0.6) is 0 Å². The number of thiophene rings is 1. The SMILES string of the molecule is O=C(Nc1ccc(N2CCCC2)cn1)c1cccs1. The highest BCUT2D eigenvalue weighted by molar-refractivity contribution is 7.12. The molecule has 0 bridgehead atoms. The van der Waals surface area contributed by atoms with E-state index in [4.69, 9.17) is 0 Å². The van der Waals surface area contributed by atoms with Crippen molar-refractivity contribution >= 4 is 28.7 Å². The minimum atomic E-state index is -0.101. The molecule has 0 atom stereocenters. The zero-order valence-electron chi connectivity index (χ0n) is 10.5. The van der Waals surface area contributed by atoms with Crippen molar-refractivity contribution in [3.8, 4) is 0 Å². The zero-order chi connectivity index (χ0) is 13.1. The average Bonchev–Trinajstić information content (AvgIpc) is 3.13. The van der Waals surface area contributed by atoms with Gasteiger partial charge in [-0.25, -0.2) is 4.98 Å². The fraction of sp³-hybridized carbons (Fsp3) is 0.286. The fourth-order valence-electron chi connectivity index (χ4n) is 2.21. The number of nitrogens with one attached hydrogen (secondary N) is 1.